The molecule has 2 N–H and O–H groups in total. The number of hydrogen-bond acceptors (Lipinski definition) is 3. The van der Waals surface area contributed by atoms with Gasteiger partial charge in [0.15, 0.2) is 11.7 Å². The number of rotatable bonds is 6. The van der Waals surface area contributed by atoms with Gasteiger partial charge in [-0.15, -0.1) is 11.3 Å². The third kappa shape index (κ3) is 6.38. The number of aryl methyl sites for hydroxylation is 1. The van der Waals surface area contributed by atoms with Gasteiger partial charge in [-0.2, -0.15) is 13.2 Å². The Balaban J connectivity index is 1.88. The van der Waals surface area contributed by atoms with E-state index in [1.165, 1.54) is 5.56 Å². The van der Waals surface area contributed by atoms with Gasteiger partial charge in [-0.05, 0) is 19.4 Å². The zero-order chi connectivity index (χ0) is 18.3. The zero-order valence-electron chi connectivity index (χ0n) is 14.2. The van der Waals surface area contributed by atoms with Crippen molar-refractivity contribution >= 4 is 17.3 Å². The Bertz CT molecular complexity index is 710. The molecule has 2 rings (SSSR count). The van der Waals surface area contributed by atoms with E-state index in [-0.39, 0.29) is 0 Å². The van der Waals surface area contributed by atoms with Crippen LogP contribution in [0.2, 0.25) is 0 Å². The molecule has 0 amide bonds. The minimum atomic E-state index is -4.38. The van der Waals surface area contributed by atoms with Crippen molar-refractivity contribution in [1.82, 2.24) is 15.6 Å². The van der Waals surface area contributed by atoms with E-state index in [9.17, 15) is 13.2 Å². The highest BCUT2D eigenvalue weighted by atomic mass is 32.1. The van der Waals surface area contributed by atoms with Crippen LogP contribution in [0, 0.1) is 6.92 Å². The number of thiazole rings is 1. The highest BCUT2D eigenvalue weighted by Crippen LogP contribution is 2.29. The van der Waals surface area contributed by atoms with E-state index in [4.69, 9.17) is 0 Å². The molecule has 1 aromatic carbocycles. The number of nitrogens with one attached hydrogen (secondary N) is 2. The smallest absolute Gasteiger partial charge is 0.357 e. The quantitative estimate of drug-likeness (QED) is 0.601. The molecule has 1 heterocycles. The minimum absolute atomic E-state index is 0.412. The van der Waals surface area contributed by atoms with Gasteiger partial charge in [0.2, 0.25) is 0 Å². The molecule has 0 aliphatic rings. The minimum Gasteiger partial charge on any atom is -0.357 e. The van der Waals surface area contributed by atoms with Crippen LogP contribution in [-0.2, 0) is 19.1 Å². The van der Waals surface area contributed by atoms with Crippen molar-refractivity contribution in [1.29, 1.82) is 0 Å². The topological polar surface area (TPSA) is 49.3 Å². The second-order valence-corrected chi connectivity index (χ2v) is 6.43. The molecular weight excluding hydrogens is 349 g/mol. The summed E-state index contributed by atoms with van der Waals surface area (Å²) in [5, 5.41) is 7.75. The molecule has 0 atom stereocenters. The Morgan fingerprint density at radius 2 is 2.08 bits per heavy atom. The molecule has 0 radical (unpaired) electrons. The van der Waals surface area contributed by atoms with Crippen molar-refractivity contribution < 1.29 is 13.2 Å². The second kappa shape index (κ2) is 8.84. The number of nitrogens with zero attached hydrogens (tertiary/aromatic N) is 2. The molecular formula is C17H21F3N4S. The highest BCUT2D eigenvalue weighted by molar-refractivity contribution is 7.09. The van der Waals surface area contributed by atoms with Gasteiger partial charge in [0, 0.05) is 24.9 Å². The Labute approximate surface area is 149 Å². The second-order valence-electron chi connectivity index (χ2n) is 5.49. The summed E-state index contributed by atoms with van der Waals surface area (Å²) >= 11 is 1.02. The fourth-order valence-electron chi connectivity index (χ4n) is 2.17. The Hall–Kier alpha value is -2.09. The number of guanidine groups is 1. The molecule has 0 aliphatic heterocycles. The molecule has 1 aromatic heterocycles. The van der Waals surface area contributed by atoms with Gasteiger partial charge in [0.25, 0.3) is 0 Å². The monoisotopic (exact) mass is 370 g/mol. The van der Waals surface area contributed by atoms with E-state index in [2.05, 4.69) is 26.7 Å². The fraction of sp³-hybridized carbons (Fsp3) is 0.412. The molecule has 0 unspecified atom stereocenters. The summed E-state index contributed by atoms with van der Waals surface area (Å²) in [4.78, 5) is 8.12. The van der Waals surface area contributed by atoms with Crippen LogP contribution in [0.15, 0.2) is 34.6 Å². The first-order valence-corrected chi connectivity index (χ1v) is 8.85. The maximum Gasteiger partial charge on any atom is 0.434 e. The van der Waals surface area contributed by atoms with Crippen LogP contribution < -0.4 is 10.6 Å². The van der Waals surface area contributed by atoms with E-state index in [1.807, 2.05) is 32.0 Å². The van der Waals surface area contributed by atoms with E-state index >= 15 is 0 Å². The van der Waals surface area contributed by atoms with Crippen LogP contribution in [0.5, 0.6) is 0 Å². The number of hydrogen-bond donors (Lipinski definition) is 2. The van der Waals surface area contributed by atoms with Gasteiger partial charge in [0.1, 0.15) is 0 Å². The molecule has 0 bridgehead atoms. The summed E-state index contributed by atoms with van der Waals surface area (Å²) in [6.07, 6.45) is -3.97. The summed E-state index contributed by atoms with van der Waals surface area (Å²) in [7, 11) is 0. The lowest BCUT2D eigenvalue weighted by molar-refractivity contribution is -0.140. The van der Waals surface area contributed by atoms with Crippen LogP contribution in [0.3, 0.4) is 0 Å². The number of halogens is 3. The first-order chi connectivity index (χ1) is 11.9. The molecule has 0 saturated carbocycles. The van der Waals surface area contributed by atoms with Crippen LogP contribution in [0.1, 0.15) is 28.8 Å². The average Bonchev–Trinajstić information content (AvgIpc) is 3.02. The molecule has 4 nitrogen and oxygen atoms in total. The van der Waals surface area contributed by atoms with E-state index < -0.39 is 11.9 Å². The Morgan fingerprint density at radius 3 is 2.72 bits per heavy atom. The first-order valence-electron chi connectivity index (χ1n) is 7.98. The molecule has 8 heteroatoms. The predicted octanol–water partition coefficient (Wildman–Crippen LogP) is 3.77. The van der Waals surface area contributed by atoms with E-state index in [0.29, 0.717) is 37.0 Å². The van der Waals surface area contributed by atoms with Gasteiger partial charge in [-0.25, -0.2) is 9.98 Å². The van der Waals surface area contributed by atoms with Crippen molar-refractivity contribution in [2.45, 2.75) is 33.0 Å². The van der Waals surface area contributed by atoms with Crippen molar-refractivity contribution in [3.63, 3.8) is 0 Å². The van der Waals surface area contributed by atoms with Crippen molar-refractivity contribution in [3.8, 4) is 0 Å². The van der Waals surface area contributed by atoms with Crippen LogP contribution >= 0.6 is 11.3 Å². The van der Waals surface area contributed by atoms with Gasteiger partial charge < -0.3 is 10.6 Å². The normalized spacial score (nSPS) is 12.3. The number of aliphatic imine (C=N–C) groups is 1. The molecule has 136 valence electrons. The largest absolute Gasteiger partial charge is 0.434 e. The highest BCUT2D eigenvalue weighted by Gasteiger charge is 2.33. The lowest BCUT2D eigenvalue weighted by Crippen LogP contribution is -2.38. The summed E-state index contributed by atoms with van der Waals surface area (Å²) < 4.78 is 37.6. The van der Waals surface area contributed by atoms with Crippen LogP contribution in [0.4, 0.5) is 13.2 Å². The SMILES string of the molecule is CCNC(=NCc1cccc(C)c1)NCCc1nc(C(F)(F)F)cs1. The number of aromatic nitrogens is 1. The molecule has 0 saturated heterocycles. The molecule has 0 spiro atoms. The van der Waals surface area contributed by atoms with Crippen molar-refractivity contribution in [3.05, 3.63) is 51.5 Å². The van der Waals surface area contributed by atoms with E-state index in [0.717, 1.165) is 22.3 Å². The summed E-state index contributed by atoms with van der Waals surface area (Å²) in [6, 6.07) is 8.09. The predicted molar refractivity (Wildman–Crippen MR) is 94.8 cm³/mol. The summed E-state index contributed by atoms with van der Waals surface area (Å²) in [6.45, 7) is 5.69. The molecule has 25 heavy (non-hydrogen) atoms. The number of benzene rings is 1. The molecule has 0 aliphatic carbocycles. The lowest BCUT2D eigenvalue weighted by atomic mass is 10.1. The van der Waals surface area contributed by atoms with E-state index in [1.54, 1.807) is 0 Å². The Morgan fingerprint density at radius 1 is 1.28 bits per heavy atom. The molecule has 0 fully saturated rings. The Kier molecular flexibility index (Phi) is 6.81. The summed E-state index contributed by atoms with van der Waals surface area (Å²) in [5.74, 6) is 0.636. The fourth-order valence-corrected chi connectivity index (χ4v) is 2.97. The number of alkyl halides is 3. The van der Waals surface area contributed by atoms with Gasteiger partial charge in [0.05, 0.1) is 11.6 Å². The first kappa shape index (κ1) is 19.2. The molecule has 2 aromatic rings. The lowest BCUT2D eigenvalue weighted by Gasteiger charge is -2.10. The maximum atomic E-state index is 12.5. The maximum absolute atomic E-state index is 12.5. The van der Waals surface area contributed by atoms with Crippen molar-refractivity contribution in [2.75, 3.05) is 13.1 Å². The third-order valence-electron chi connectivity index (χ3n) is 3.32. The standard InChI is InChI=1S/C17H21F3N4S/c1-3-21-16(23-10-13-6-4-5-12(2)9-13)22-8-7-15-24-14(11-25-15)17(18,19)20/h4-6,9,11H,3,7-8,10H2,1-2H3,(H2,21,22,23). The summed E-state index contributed by atoms with van der Waals surface area (Å²) in [5.41, 5.74) is 1.45. The van der Waals surface area contributed by atoms with Crippen LogP contribution in [0.25, 0.3) is 0 Å². The van der Waals surface area contributed by atoms with Gasteiger partial charge in [-0.3, -0.25) is 0 Å². The average molecular weight is 370 g/mol. The zero-order valence-corrected chi connectivity index (χ0v) is 15.0. The van der Waals surface area contributed by atoms with Crippen molar-refractivity contribution in [2.24, 2.45) is 4.99 Å². The van der Waals surface area contributed by atoms with Gasteiger partial charge in [-0.1, -0.05) is 29.8 Å². The third-order valence-corrected chi connectivity index (χ3v) is 4.23. The van der Waals surface area contributed by atoms with Crippen LogP contribution in [-0.4, -0.2) is 24.0 Å². The van der Waals surface area contributed by atoms with Gasteiger partial charge >= 0.3 is 6.18 Å².